The molecule has 0 aliphatic rings. The molecule has 0 spiro atoms. The molecule has 2 aromatic heterocycles. The number of alkyl halides is 3. The number of amides is 2. The lowest BCUT2D eigenvalue weighted by Gasteiger charge is -2.24. The zero-order chi connectivity index (χ0) is 30.1. The first-order chi connectivity index (χ1) is 19.3. The van der Waals surface area contributed by atoms with Gasteiger partial charge in [0.25, 0.3) is 5.91 Å². The van der Waals surface area contributed by atoms with Crippen molar-refractivity contribution < 1.29 is 37.8 Å². The molecule has 2 aromatic carbocycles. The minimum atomic E-state index is -4.52. The Hall–Kier alpha value is -4.32. The average Bonchev–Trinajstić information content (AvgIpc) is 3.45. The summed E-state index contributed by atoms with van der Waals surface area (Å²) in [4.78, 5) is 42.1. The zero-order valence-electron chi connectivity index (χ0n) is 22.3. The Morgan fingerprint density at radius 2 is 1.66 bits per heavy atom. The molecule has 0 aliphatic carbocycles. The smallest absolute Gasteiger partial charge is 0.416 e. The molecule has 0 fully saturated rings. The molecule has 4 rings (SSSR count). The Kier molecular flexibility index (Phi) is 8.43. The van der Waals surface area contributed by atoms with E-state index in [0.29, 0.717) is 10.3 Å². The van der Waals surface area contributed by atoms with Gasteiger partial charge in [-0.25, -0.2) is 0 Å². The van der Waals surface area contributed by atoms with Crippen molar-refractivity contribution in [2.45, 2.75) is 45.5 Å². The van der Waals surface area contributed by atoms with E-state index < -0.39 is 47.3 Å². The molecule has 41 heavy (non-hydrogen) atoms. The predicted octanol–water partition coefficient (Wildman–Crippen LogP) is 5.85. The van der Waals surface area contributed by atoms with Gasteiger partial charge < -0.3 is 20.8 Å². The topological polar surface area (TPSA) is 132 Å². The van der Waals surface area contributed by atoms with Crippen molar-refractivity contribution >= 4 is 39.0 Å². The molecule has 0 saturated heterocycles. The van der Waals surface area contributed by atoms with Crippen LogP contribution in [0.2, 0.25) is 0 Å². The number of carbonyl (C=O) groups is 3. The van der Waals surface area contributed by atoms with Gasteiger partial charge in [-0.1, -0.05) is 44.2 Å². The van der Waals surface area contributed by atoms with Crippen LogP contribution in [0.25, 0.3) is 10.1 Å². The summed E-state index contributed by atoms with van der Waals surface area (Å²) in [5, 5.41) is 25.7. The molecular formula is C29H28F3N3O5S. The molecule has 0 bridgehead atoms. The molecule has 0 aliphatic heterocycles. The van der Waals surface area contributed by atoms with Gasteiger partial charge >= 0.3 is 6.18 Å². The molecule has 216 valence electrons. The number of Topliss-reactive ketones (excluding diaryl/α,β-unsaturated/α-hetero) is 1. The molecule has 12 heteroatoms. The molecule has 5 N–H and O–H groups in total. The van der Waals surface area contributed by atoms with E-state index in [1.54, 1.807) is 44.2 Å². The molecule has 0 saturated carbocycles. The minimum Gasteiger partial charge on any atom is -0.494 e. The van der Waals surface area contributed by atoms with E-state index in [2.05, 4.69) is 15.6 Å². The van der Waals surface area contributed by atoms with E-state index in [4.69, 9.17) is 0 Å². The van der Waals surface area contributed by atoms with E-state index in [9.17, 15) is 37.8 Å². The van der Waals surface area contributed by atoms with Gasteiger partial charge in [0, 0.05) is 10.3 Å². The highest BCUT2D eigenvalue weighted by atomic mass is 32.1. The largest absolute Gasteiger partial charge is 0.494 e. The summed E-state index contributed by atoms with van der Waals surface area (Å²) >= 11 is 1.03. The van der Waals surface area contributed by atoms with Gasteiger partial charge in [0.05, 0.1) is 34.5 Å². The third kappa shape index (κ3) is 6.54. The number of aromatic amines is 1. The second kappa shape index (κ2) is 11.7. The van der Waals surface area contributed by atoms with Crippen LogP contribution in [-0.2, 0) is 11.0 Å². The third-order valence-electron chi connectivity index (χ3n) is 6.68. The Labute approximate surface area is 237 Å². The fraction of sp³-hybridized carbons (Fsp3) is 0.276. The summed E-state index contributed by atoms with van der Waals surface area (Å²) in [7, 11) is 0. The van der Waals surface area contributed by atoms with Crippen molar-refractivity contribution in [3.05, 3.63) is 81.7 Å². The Balaban J connectivity index is 1.55. The minimum absolute atomic E-state index is 0.132. The van der Waals surface area contributed by atoms with E-state index in [1.807, 2.05) is 0 Å². The number of nitrogens with one attached hydrogen (secondary N) is 3. The number of H-pyrrole nitrogens is 1. The van der Waals surface area contributed by atoms with Crippen LogP contribution in [0.3, 0.4) is 0 Å². The molecule has 2 heterocycles. The third-order valence-corrected chi connectivity index (χ3v) is 7.79. The van der Waals surface area contributed by atoms with Crippen LogP contribution in [0, 0.1) is 12.8 Å². The Morgan fingerprint density at radius 3 is 2.24 bits per heavy atom. The summed E-state index contributed by atoms with van der Waals surface area (Å²) in [5.41, 5.74) is -0.200. The van der Waals surface area contributed by atoms with Gasteiger partial charge in [-0.15, -0.1) is 11.3 Å². The predicted molar refractivity (Wildman–Crippen MR) is 148 cm³/mol. The number of halogens is 3. The van der Waals surface area contributed by atoms with Crippen LogP contribution in [-0.4, -0.2) is 38.8 Å². The number of aromatic hydroxyl groups is 2. The number of rotatable bonds is 9. The van der Waals surface area contributed by atoms with Gasteiger partial charge in [-0.05, 0) is 48.1 Å². The van der Waals surface area contributed by atoms with Gasteiger partial charge in [-0.2, -0.15) is 13.2 Å². The van der Waals surface area contributed by atoms with Crippen molar-refractivity contribution in [1.29, 1.82) is 0 Å². The number of aromatic nitrogens is 1. The van der Waals surface area contributed by atoms with E-state index >= 15 is 0 Å². The normalized spacial score (nSPS) is 13.2. The van der Waals surface area contributed by atoms with Crippen LogP contribution in [0.1, 0.15) is 63.0 Å². The van der Waals surface area contributed by atoms with Crippen molar-refractivity contribution in [1.82, 2.24) is 15.6 Å². The Morgan fingerprint density at radius 1 is 0.976 bits per heavy atom. The first kappa shape index (κ1) is 29.7. The highest BCUT2D eigenvalue weighted by molar-refractivity contribution is 7.20. The fourth-order valence-corrected chi connectivity index (χ4v) is 5.42. The quantitative estimate of drug-likeness (QED) is 0.157. The number of benzene rings is 2. The molecule has 4 aromatic rings. The molecule has 2 atom stereocenters. The molecular weight excluding hydrogens is 559 g/mol. The average molecular weight is 588 g/mol. The van der Waals surface area contributed by atoms with Crippen molar-refractivity contribution in [3.8, 4) is 11.8 Å². The lowest BCUT2D eigenvalue weighted by atomic mass is 9.93. The molecule has 0 radical (unpaired) electrons. The maximum Gasteiger partial charge on any atom is 0.416 e. The number of fused-ring (bicyclic) bond motifs is 1. The van der Waals surface area contributed by atoms with E-state index in [0.717, 1.165) is 23.5 Å². The standard InChI is InChI=1S/C29H28F3N3O5S/c1-14(2)24(25(37)23-15(3)26(38)35-28(23)40)34-22(36)13-19(16-7-5-4-6-8-16)33-27(39)21-12-17-11-18(29(30,31)32)9-10-20(17)41-21/h4-12,14,19,24,35,38,40H,13H2,1-3H3,(H,33,39)(H,34,36)/t19-,24-/m0/s1. The van der Waals surface area contributed by atoms with Gasteiger partial charge in [0.2, 0.25) is 11.8 Å². The molecule has 0 unspecified atom stereocenters. The molecule has 2 amide bonds. The second-order valence-corrected chi connectivity index (χ2v) is 11.1. The monoisotopic (exact) mass is 587 g/mol. The number of carbonyl (C=O) groups excluding carboxylic acids is 3. The first-order valence-electron chi connectivity index (χ1n) is 12.7. The molecule has 8 nitrogen and oxygen atoms in total. The first-order valence-corrected chi connectivity index (χ1v) is 13.5. The van der Waals surface area contributed by atoms with Gasteiger partial charge in [0.1, 0.15) is 0 Å². The van der Waals surface area contributed by atoms with Crippen molar-refractivity contribution in [3.63, 3.8) is 0 Å². The highest BCUT2D eigenvalue weighted by Gasteiger charge is 2.32. The van der Waals surface area contributed by atoms with E-state index in [1.165, 1.54) is 19.1 Å². The zero-order valence-corrected chi connectivity index (χ0v) is 23.1. The highest BCUT2D eigenvalue weighted by Crippen LogP contribution is 2.35. The van der Waals surface area contributed by atoms with Crippen LogP contribution < -0.4 is 10.6 Å². The number of hydrogen-bond acceptors (Lipinski definition) is 6. The van der Waals surface area contributed by atoms with Crippen LogP contribution >= 0.6 is 11.3 Å². The van der Waals surface area contributed by atoms with Gasteiger partial charge in [0.15, 0.2) is 11.7 Å². The number of ketones is 1. The van der Waals surface area contributed by atoms with Gasteiger partial charge in [-0.3, -0.25) is 19.4 Å². The Bertz CT molecular complexity index is 1590. The lowest BCUT2D eigenvalue weighted by Crippen LogP contribution is -2.45. The summed E-state index contributed by atoms with van der Waals surface area (Å²) in [6, 6.07) is 11.4. The van der Waals surface area contributed by atoms with Crippen LogP contribution in [0.15, 0.2) is 54.6 Å². The van der Waals surface area contributed by atoms with Crippen molar-refractivity contribution in [2.24, 2.45) is 5.92 Å². The number of hydrogen-bond donors (Lipinski definition) is 5. The maximum atomic E-state index is 13.2. The summed E-state index contributed by atoms with van der Waals surface area (Å²) < 4.78 is 39.9. The fourth-order valence-electron chi connectivity index (χ4n) is 4.47. The van der Waals surface area contributed by atoms with Crippen LogP contribution in [0.4, 0.5) is 13.2 Å². The van der Waals surface area contributed by atoms with Crippen LogP contribution in [0.5, 0.6) is 11.8 Å². The maximum absolute atomic E-state index is 13.2. The SMILES string of the molecule is Cc1c(O)[nH]c(O)c1C(=O)[C@@H](NC(=O)C[C@H](NC(=O)c1cc2cc(C(F)(F)F)ccc2s1)c1ccccc1)C(C)C. The summed E-state index contributed by atoms with van der Waals surface area (Å²) in [6.07, 6.45) is -4.77. The number of thiophene rings is 1. The second-order valence-electron chi connectivity index (χ2n) is 9.98. The summed E-state index contributed by atoms with van der Waals surface area (Å²) in [6.45, 7) is 4.88. The lowest BCUT2D eigenvalue weighted by molar-refractivity contribution is -0.137. The summed E-state index contributed by atoms with van der Waals surface area (Å²) in [5.74, 6) is -2.97. The van der Waals surface area contributed by atoms with E-state index in [-0.39, 0.29) is 39.6 Å². The van der Waals surface area contributed by atoms with Crippen molar-refractivity contribution in [2.75, 3.05) is 0 Å².